The number of hydrogen-bond donors (Lipinski definition) is 0. The van der Waals surface area contributed by atoms with Gasteiger partial charge in [-0.05, 0) is 35.3 Å². The van der Waals surface area contributed by atoms with E-state index in [4.69, 9.17) is 11.6 Å². The Morgan fingerprint density at radius 2 is 1.53 bits per heavy atom. The van der Waals surface area contributed by atoms with Crippen molar-refractivity contribution in [1.29, 1.82) is 0 Å². The Balaban J connectivity index is 4.88. The van der Waals surface area contributed by atoms with Crippen LogP contribution in [0.15, 0.2) is 0 Å². The van der Waals surface area contributed by atoms with Gasteiger partial charge in [-0.1, -0.05) is 48.5 Å². The summed E-state index contributed by atoms with van der Waals surface area (Å²) < 4.78 is 0. The Kier molecular flexibility index (Phi) is 4.85. The van der Waals surface area contributed by atoms with Gasteiger partial charge in [0.05, 0.1) is 0 Å². The number of rotatable bonds is 4. The van der Waals surface area contributed by atoms with Crippen molar-refractivity contribution in [2.75, 3.05) is 0 Å². The van der Waals surface area contributed by atoms with E-state index in [0.717, 1.165) is 6.42 Å². The third kappa shape index (κ3) is 3.79. The van der Waals surface area contributed by atoms with Gasteiger partial charge >= 0.3 is 0 Å². The molecule has 0 aliphatic heterocycles. The Hall–Kier alpha value is -0.0400. The quantitative estimate of drug-likeness (QED) is 0.653. The summed E-state index contributed by atoms with van der Waals surface area (Å²) >= 11 is 5.76. The Morgan fingerprint density at radius 3 is 1.73 bits per heavy atom. The first kappa shape index (κ1) is 15.0. The second kappa shape index (κ2) is 4.86. The van der Waals surface area contributed by atoms with Crippen LogP contribution in [0, 0.1) is 22.7 Å². The fraction of sp³-hybridized carbons (Fsp3) is 0.923. The molecule has 0 aromatic rings. The van der Waals surface area contributed by atoms with Gasteiger partial charge in [0.25, 0.3) is 0 Å². The highest BCUT2D eigenvalue weighted by Gasteiger charge is 2.41. The Bertz CT molecular complexity index is 227. The lowest BCUT2D eigenvalue weighted by molar-refractivity contribution is -0.125. The molecule has 90 valence electrons. The van der Waals surface area contributed by atoms with Crippen LogP contribution in [-0.2, 0) is 4.79 Å². The number of halogens is 1. The van der Waals surface area contributed by atoms with Crippen LogP contribution in [0.2, 0.25) is 0 Å². The molecule has 2 unspecified atom stereocenters. The van der Waals surface area contributed by atoms with Crippen molar-refractivity contribution in [3.63, 3.8) is 0 Å². The average Bonchev–Trinajstić information content (AvgIpc) is 1.98. The molecule has 0 N–H and O–H groups in total. The third-order valence-electron chi connectivity index (χ3n) is 3.57. The van der Waals surface area contributed by atoms with Crippen molar-refractivity contribution < 1.29 is 4.79 Å². The van der Waals surface area contributed by atoms with Crippen LogP contribution in [0.3, 0.4) is 0 Å². The number of hydrogen-bond acceptors (Lipinski definition) is 1. The lowest BCUT2D eigenvalue weighted by Gasteiger charge is -2.39. The van der Waals surface area contributed by atoms with Crippen LogP contribution in [-0.4, -0.2) is 5.24 Å². The molecular weight excluding hydrogens is 208 g/mol. The summed E-state index contributed by atoms with van der Waals surface area (Å²) in [6, 6.07) is 0. The molecule has 0 radical (unpaired) electrons. The molecule has 0 heterocycles. The summed E-state index contributed by atoms with van der Waals surface area (Å²) in [5.41, 5.74) is -0.170. The van der Waals surface area contributed by atoms with Crippen molar-refractivity contribution in [2.24, 2.45) is 22.7 Å². The van der Waals surface area contributed by atoms with E-state index < -0.39 is 5.41 Å². The topological polar surface area (TPSA) is 17.1 Å². The molecule has 1 nitrogen and oxygen atoms in total. The fourth-order valence-electron chi connectivity index (χ4n) is 2.12. The maximum Gasteiger partial charge on any atom is 0.228 e. The van der Waals surface area contributed by atoms with E-state index in [2.05, 4.69) is 41.5 Å². The Labute approximate surface area is 99.6 Å². The van der Waals surface area contributed by atoms with E-state index in [0.29, 0.717) is 5.92 Å². The summed E-state index contributed by atoms with van der Waals surface area (Å²) in [6.45, 7) is 14.8. The number of carbonyl (C=O) groups excluding carboxylic acids is 1. The first-order chi connectivity index (χ1) is 6.51. The van der Waals surface area contributed by atoms with Crippen LogP contribution < -0.4 is 0 Å². The summed E-state index contributed by atoms with van der Waals surface area (Å²) in [5, 5.41) is -0.200. The average molecular weight is 233 g/mol. The van der Waals surface area contributed by atoms with Crippen LogP contribution in [0.25, 0.3) is 0 Å². The third-order valence-corrected chi connectivity index (χ3v) is 3.97. The molecule has 0 saturated heterocycles. The van der Waals surface area contributed by atoms with E-state index in [1.54, 1.807) is 0 Å². The van der Waals surface area contributed by atoms with Crippen molar-refractivity contribution >= 4 is 16.8 Å². The first-order valence-electron chi connectivity index (χ1n) is 5.71. The normalized spacial score (nSPS) is 18.7. The van der Waals surface area contributed by atoms with E-state index in [1.807, 2.05) is 6.92 Å². The molecule has 2 atom stereocenters. The zero-order chi connectivity index (χ0) is 12.4. The van der Waals surface area contributed by atoms with E-state index in [-0.39, 0.29) is 16.6 Å². The molecule has 0 spiro atoms. The second-order valence-corrected chi connectivity index (χ2v) is 6.72. The SMILES string of the molecule is CC(C)C(C)(C(=O)Cl)C(C)CC(C)(C)C. The van der Waals surface area contributed by atoms with Crippen LogP contribution >= 0.6 is 11.6 Å². The molecular formula is C13H25ClO. The predicted molar refractivity (Wildman–Crippen MR) is 67.0 cm³/mol. The number of carbonyl (C=O) groups is 1. The zero-order valence-corrected chi connectivity index (χ0v) is 11.9. The largest absolute Gasteiger partial charge is 0.281 e. The minimum absolute atomic E-state index is 0.200. The molecule has 0 aliphatic carbocycles. The van der Waals surface area contributed by atoms with Gasteiger partial charge in [-0.3, -0.25) is 4.79 Å². The summed E-state index contributed by atoms with van der Waals surface area (Å²) in [5.74, 6) is 0.586. The molecule has 0 aromatic heterocycles. The lowest BCUT2D eigenvalue weighted by atomic mass is 9.66. The molecule has 0 aliphatic rings. The van der Waals surface area contributed by atoms with Gasteiger partial charge in [-0.25, -0.2) is 0 Å². The van der Waals surface area contributed by atoms with Gasteiger partial charge in [-0.2, -0.15) is 0 Å². The van der Waals surface area contributed by atoms with Gasteiger partial charge in [0, 0.05) is 5.41 Å². The zero-order valence-electron chi connectivity index (χ0n) is 11.1. The summed E-state index contributed by atoms with van der Waals surface area (Å²) in [7, 11) is 0. The minimum Gasteiger partial charge on any atom is -0.281 e. The molecule has 2 heteroatoms. The summed E-state index contributed by atoms with van der Waals surface area (Å²) in [4.78, 5) is 11.6. The standard InChI is InChI=1S/C13H25ClO/c1-9(2)13(7,11(14)15)10(3)8-12(4,5)6/h9-10H,8H2,1-7H3. The first-order valence-corrected chi connectivity index (χ1v) is 6.09. The molecule has 0 saturated carbocycles. The maximum atomic E-state index is 11.6. The van der Waals surface area contributed by atoms with Gasteiger partial charge in [-0.15, -0.1) is 0 Å². The highest BCUT2D eigenvalue weighted by molar-refractivity contribution is 6.64. The van der Waals surface area contributed by atoms with Gasteiger partial charge in [0.15, 0.2) is 0 Å². The van der Waals surface area contributed by atoms with Gasteiger partial charge in [0.1, 0.15) is 0 Å². The van der Waals surface area contributed by atoms with E-state index >= 15 is 0 Å². The molecule has 0 rings (SSSR count). The van der Waals surface area contributed by atoms with Crippen molar-refractivity contribution in [1.82, 2.24) is 0 Å². The van der Waals surface area contributed by atoms with E-state index in [1.165, 1.54) is 0 Å². The molecule has 0 amide bonds. The van der Waals surface area contributed by atoms with Gasteiger partial charge < -0.3 is 0 Å². The van der Waals surface area contributed by atoms with Crippen molar-refractivity contribution in [3.8, 4) is 0 Å². The predicted octanol–water partition coefficient (Wildman–Crippen LogP) is 4.49. The van der Waals surface area contributed by atoms with E-state index in [9.17, 15) is 4.79 Å². The molecule has 0 aromatic carbocycles. The maximum absolute atomic E-state index is 11.6. The highest BCUT2D eigenvalue weighted by Crippen LogP contribution is 2.43. The summed E-state index contributed by atoms with van der Waals surface area (Å²) in [6.07, 6.45) is 1.01. The fourth-order valence-corrected chi connectivity index (χ4v) is 2.52. The van der Waals surface area contributed by atoms with Crippen LogP contribution in [0.1, 0.15) is 54.9 Å². The molecule has 0 fully saturated rings. The Morgan fingerprint density at radius 1 is 1.13 bits per heavy atom. The smallest absolute Gasteiger partial charge is 0.228 e. The highest BCUT2D eigenvalue weighted by atomic mass is 35.5. The second-order valence-electron chi connectivity index (χ2n) is 6.38. The van der Waals surface area contributed by atoms with Crippen LogP contribution in [0.4, 0.5) is 0 Å². The minimum atomic E-state index is -0.408. The van der Waals surface area contributed by atoms with Crippen molar-refractivity contribution in [3.05, 3.63) is 0 Å². The molecule has 0 bridgehead atoms. The van der Waals surface area contributed by atoms with Crippen LogP contribution in [0.5, 0.6) is 0 Å². The van der Waals surface area contributed by atoms with Gasteiger partial charge in [0.2, 0.25) is 5.24 Å². The lowest BCUT2D eigenvalue weighted by Crippen LogP contribution is -2.38. The molecule has 15 heavy (non-hydrogen) atoms. The monoisotopic (exact) mass is 232 g/mol. The van der Waals surface area contributed by atoms with Crippen molar-refractivity contribution in [2.45, 2.75) is 54.9 Å².